The van der Waals surface area contributed by atoms with Crippen molar-refractivity contribution < 1.29 is 15.0 Å². The molecule has 398 valence electrons. The lowest BCUT2D eigenvalue weighted by atomic mass is 10.0. The molecule has 3 N–H and O–H groups in total. The van der Waals surface area contributed by atoms with Crippen molar-refractivity contribution in [2.45, 2.75) is 366 Å². The second kappa shape index (κ2) is 59.2. The lowest BCUT2D eigenvalue weighted by molar-refractivity contribution is -0.123. The third-order valence-corrected chi connectivity index (χ3v) is 14.7. The van der Waals surface area contributed by atoms with E-state index < -0.39 is 12.1 Å². The van der Waals surface area contributed by atoms with Crippen molar-refractivity contribution in [1.29, 1.82) is 0 Å². The number of rotatable bonds is 58. The van der Waals surface area contributed by atoms with Crippen molar-refractivity contribution in [2.24, 2.45) is 0 Å². The number of aliphatic hydroxyl groups excluding tert-OH is 2. The molecule has 0 aliphatic rings. The molecule has 0 heterocycles. The zero-order valence-electron chi connectivity index (χ0n) is 46.0. The molecule has 2 unspecified atom stereocenters. The van der Waals surface area contributed by atoms with Crippen LogP contribution in [-0.2, 0) is 4.79 Å². The lowest BCUT2D eigenvalue weighted by Gasteiger charge is -2.19. The van der Waals surface area contributed by atoms with Gasteiger partial charge in [-0.05, 0) is 32.1 Å². The normalized spacial score (nSPS) is 12.8. The second-order valence-corrected chi connectivity index (χ2v) is 21.5. The molecule has 0 aromatic carbocycles. The lowest BCUT2D eigenvalue weighted by Crippen LogP contribution is -2.45. The molecule has 4 nitrogen and oxygen atoms in total. The van der Waals surface area contributed by atoms with Crippen LogP contribution in [0.25, 0.3) is 0 Å². The first-order valence-electron chi connectivity index (χ1n) is 31.1. The van der Waals surface area contributed by atoms with Crippen molar-refractivity contribution >= 4 is 5.91 Å². The van der Waals surface area contributed by atoms with Crippen LogP contribution in [-0.4, -0.2) is 34.9 Å². The van der Waals surface area contributed by atoms with Gasteiger partial charge in [-0.3, -0.25) is 4.79 Å². The highest BCUT2D eigenvalue weighted by atomic mass is 16.3. The van der Waals surface area contributed by atoms with E-state index in [0.717, 1.165) is 32.1 Å². The maximum atomic E-state index is 12.5. The smallest absolute Gasteiger partial charge is 0.220 e. The molecule has 0 rings (SSSR count). The predicted octanol–water partition coefficient (Wildman–Crippen LogP) is 20.7. The highest BCUT2D eigenvalue weighted by Gasteiger charge is 2.18. The van der Waals surface area contributed by atoms with Crippen LogP contribution in [0, 0.1) is 0 Å². The molecule has 0 aromatic rings. The molecule has 0 spiro atoms. The van der Waals surface area contributed by atoms with Crippen LogP contribution in [0.3, 0.4) is 0 Å². The quantitative estimate of drug-likeness (QED) is 0.0420. The maximum Gasteiger partial charge on any atom is 0.220 e. The Morgan fingerprint density at radius 1 is 0.343 bits per heavy atom. The summed E-state index contributed by atoms with van der Waals surface area (Å²) in [6.45, 7) is 4.35. The third-order valence-electron chi connectivity index (χ3n) is 14.7. The summed E-state index contributed by atoms with van der Waals surface area (Å²) in [5.74, 6) is -0.0655. The molecule has 2 atom stereocenters. The first-order valence-corrected chi connectivity index (χ1v) is 31.1. The summed E-state index contributed by atoms with van der Waals surface area (Å²) >= 11 is 0. The van der Waals surface area contributed by atoms with Gasteiger partial charge < -0.3 is 15.5 Å². The SMILES string of the molecule is CCCCCCCCCCCCCCCCCCCCCCCCCC/C=C/CC/C=C/C(O)C(CO)NC(=O)CCCCCCCCCCCCCCCCCCCCCCCCCCC. The number of allylic oxidation sites excluding steroid dienone is 3. The largest absolute Gasteiger partial charge is 0.394 e. The van der Waals surface area contributed by atoms with Gasteiger partial charge in [0.15, 0.2) is 0 Å². The molecule has 0 saturated carbocycles. The highest BCUT2D eigenvalue weighted by molar-refractivity contribution is 5.76. The van der Waals surface area contributed by atoms with Crippen LogP contribution < -0.4 is 5.32 Å². The number of unbranched alkanes of at least 4 members (excludes halogenated alkanes) is 49. The average Bonchev–Trinajstić information content (AvgIpc) is 3.33. The first kappa shape index (κ1) is 65.9. The predicted molar refractivity (Wildman–Crippen MR) is 299 cm³/mol. The van der Waals surface area contributed by atoms with E-state index in [0.29, 0.717) is 6.42 Å². The van der Waals surface area contributed by atoms with Crippen LogP contribution in [0.2, 0.25) is 0 Å². The minimum absolute atomic E-state index is 0.0655. The molecule has 0 bridgehead atoms. The monoisotopic (exact) mass is 942 g/mol. The van der Waals surface area contributed by atoms with Gasteiger partial charge in [0.05, 0.1) is 18.8 Å². The summed E-state index contributed by atoms with van der Waals surface area (Å²) in [6.07, 6.45) is 79.5. The average molecular weight is 943 g/mol. The second-order valence-electron chi connectivity index (χ2n) is 21.5. The van der Waals surface area contributed by atoms with E-state index in [1.807, 2.05) is 6.08 Å². The highest BCUT2D eigenvalue weighted by Crippen LogP contribution is 2.18. The fraction of sp³-hybridized carbons (Fsp3) is 0.921. The number of hydrogen-bond donors (Lipinski definition) is 3. The van der Waals surface area contributed by atoms with E-state index in [1.165, 1.54) is 302 Å². The zero-order valence-corrected chi connectivity index (χ0v) is 46.0. The molecule has 4 heteroatoms. The minimum Gasteiger partial charge on any atom is -0.394 e. The fourth-order valence-corrected chi connectivity index (χ4v) is 9.97. The molecular weight excluding hydrogens is 819 g/mol. The van der Waals surface area contributed by atoms with Crippen molar-refractivity contribution in [1.82, 2.24) is 5.32 Å². The Labute approximate surface area is 421 Å². The van der Waals surface area contributed by atoms with E-state index in [4.69, 9.17) is 0 Å². The van der Waals surface area contributed by atoms with E-state index in [-0.39, 0.29) is 12.5 Å². The molecule has 0 fully saturated rings. The van der Waals surface area contributed by atoms with E-state index >= 15 is 0 Å². The minimum atomic E-state index is -0.860. The Bertz CT molecular complexity index is 978. The fourth-order valence-electron chi connectivity index (χ4n) is 9.97. The topological polar surface area (TPSA) is 69.6 Å². The summed E-state index contributed by atoms with van der Waals surface area (Å²) in [4.78, 5) is 12.5. The van der Waals surface area contributed by atoms with Gasteiger partial charge in [0, 0.05) is 6.42 Å². The molecule has 1 amide bonds. The van der Waals surface area contributed by atoms with Crippen molar-refractivity contribution in [3.05, 3.63) is 24.3 Å². The van der Waals surface area contributed by atoms with Gasteiger partial charge in [0.1, 0.15) is 0 Å². The summed E-state index contributed by atoms with van der Waals surface area (Å²) in [7, 11) is 0. The molecule has 67 heavy (non-hydrogen) atoms. The summed E-state index contributed by atoms with van der Waals surface area (Å²) in [5, 5.41) is 23.2. The Kier molecular flexibility index (Phi) is 58.2. The number of amides is 1. The van der Waals surface area contributed by atoms with Gasteiger partial charge in [0.25, 0.3) is 0 Å². The number of aliphatic hydroxyl groups is 2. The Morgan fingerprint density at radius 3 is 0.866 bits per heavy atom. The Balaban J connectivity index is 3.46. The molecule has 0 aliphatic heterocycles. The van der Waals surface area contributed by atoms with Crippen molar-refractivity contribution in [2.75, 3.05) is 6.61 Å². The van der Waals surface area contributed by atoms with Crippen LogP contribution in [0.5, 0.6) is 0 Å². The van der Waals surface area contributed by atoms with Crippen molar-refractivity contribution in [3.63, 3.8) is 0 Å². The molecule has 0 aliphatic carbocycles. The third kappa shape index (κ3) is 55.7. The number of carbonyl (C=O) groups is 1. The Morgan fingerprint density at radius 2 is 0.582 bits per heavy atom. The number of nitrogens with one attached hydrogen (secondary N) is 1. The zero-order chi connectivity index (χ0) is 48.5. The van der Waals surface area contributed by atoms with Crippen LogP contribution >= 0.6 is 0 Å². The maximum absolute atomic E-state index is 12.5. The number of hydrogen-bond acceptors (Lipinski definition) is 3. The molecular formula is C63H123NO3. The van der Waals surface area contributed by atoms with Crippen LogP contribution in [0.4, 0.5) is 0 Å². The van der Waals surface area contributed by atoms with Gasteiger partial charge in [0.2, 0.25) is 5.91 Å². The first-order chi connectivity index (χ1) is 33.2. The summed E-state index contributed by atoms with van der Waals surface area (Å²) in [5.41, 5.74) is 0. The molecule has 0 aromatic heterocycles. The van der Waals surface area contributed by atoms with E-state index in [9.17, 15) is 15.0 Å². The summed E-state index contributed by atoms with van der Waals surface area (Å²) < 4.78 is 0. The van der Waals surface area contributed by atoms with Gasteiger partial charge in [-0.1, -0.05) is 340 Å². The standard InChI is InChI=1S/C63H123NO3/c1-3-5-7-9-11-13-15-17-19-21-23-25-27-29-30-31-32-33-35-36-38-40-42-44-46-48-50-52-54-56-58-62(66)61(60-65)64-63(67)59-57-55-53-51-49-47-45-43-41-39-37-34-28-26-24-22-20-18-16-14-12-10-8-6-4-2/h48,50,56,58,61-62,65-66H,3-47,49,51-55,57,59-60H2,1-2H3,(H,64,67)/b50-48+,58-56+. The van der Waals surface area contributed by atoms with E-state index in [2.05, 4.69) is 31.3 Å². The van der Waals surface area contributed by atoms with E-state index in [1.54, 1.807) is 6.08 Å². The van der Waals surface area contributed by atoms with Crippen molar-refractivity contribution in [3.8, 4) is 0 Å². The van der Waals surface area contributed by atoms with Crippen LogP contribution in [0.15, 0.2) is 24.3 Å². The van der Waals surface area contributed by atoms with Gasteiger partial charge in [-0.2, -0.15) is 0 Å². The molecule has 0 saturated heterocycles. The van der Waals surface area contributed by atoms with Gasteiger partial charge in [-0.15, -0.1) is 0 Å². The van der Waals surface area contributed by atoms with Gasteiger partial charge >= 0.3 is 0 Å². The summed E-state index contributed by atoms with van der Waals surface area (Å²) in [6, 6.07) is -0.637. The molecule has 0 radical (unpaired) electrons. The number of carbonyl (C=O) groups excluding carboxylic acids is 1. The van der Waals surface area contributed by atoms with Gasteiger partial charge in [-0.25, -0.2) is 0 Å². The van der Waals surface area contributed by atoms with Crippen LogP contribution in [0.1, 0.15) is 354 Å². The Hall–Kier alpha value is -1.13.